The van der Waals surface area contributed by atoms with E-state index >= 15 is 0 Å². The summed E-state index contributed by atoms with van der Waals surface area (Å²) in [7, 11) is -3.21. The second kappa shape index (κ2) is 5.76. The molecule has 0 aromatic carbocycles. The fourth-order valence-electron chi connectivity index (χ4n) is 2.79. The molecule has 0 aliphatic carbocycles. The predicted molar refractivity (Wildman–Crippen MR) is 71.0 cm³/mol. The van der Waals surface area contributed by atoms with E-state index in [1.54, 1.807) is 4.90 Å². The lowest BCUT2D eigenvalue weighted by molar-refractivity contribution is -0.138. The Balaban J connectivity index is 1.95. The number of hydrogen-bond acceptors (Lipinski definition) is 4. The number of rotatable bonds is 2. The number of carbonyl (C=O) groups excluding carboxylic acids is 1. The van der Waals surface area contributed by atoms with Crippen molar-refractivity contribution in [3.05, 3.63) is 0 Å². The van der Waals surface area contributed by atoms with Crippen LogP contribution in [0.4, 0.5) is 0 Å². The minimum Gasteiger partial charge on any atom is -0.393 e. The fraction of sp³-hybridized carbons (Fsp3) is 0.917. The highest BCUT2D eigenvalue weighted by Gasteiger charge is 2.33. The topological polar surface area (TPSA) is 77.9 Å². The summed E-state index contributed by atoms with van der Waals surface area (Å²) in [6.45, 7) is 1.97. The van der Waals surface area contributed by atoms with Crippen LogP contribution in [0.15, 0.2) is 0 Å². The standard InChI is InChI=1S/C12H22N2O4S/c1-19(17,18)14-6-2-3-10(9-14)12(16)13-7-4-11(15)5-8-13/h10-11,15H,2-9H2,1H3. The third-order valence-electron chi connectivity index (χ3n) is 3.98. The summed E-state index contributed by atoms with van der Waals surface area (Å²) < 4.78 is 24.5. The maximum Gasteiger partial charge on any atom is 0.227 e. The van der Waals surface area contributed by atoms with Crippen molar-refractivity contribution >= 4 is 15.9 Å². The Morgan fingerprint density at radius 2 is 1.79 bits per heavy atom. The summed E-state index contributed by atoms with van der Waals surface area (Å²) in [5.41, 5.74) is 0. The third-order valence-corrected chi connectivity index (χ3v) is 5.25. The van der Waals surface area contributed by atoms with Crippen LogP contribution in [0.25, 0.3) is 0 Å². The Labute approximate surface area is 114 Å². The van der Waals surface area contributed by atoms with Crippen LogP contribution in [0.3, 0.4) is 0 Å². The van der Waals surface area contributed by atoms with Crippen molar-refractivity contribution in [1.29, 1.82) is 0 Å². The van der Waals surface area contributed by atoms with Crippen LogP contribution in [-0.2, 0) is 14.8 Å². The number of nitrogens with zero attached hydrogens (tertiary/aromatic N) is 2. The Morgan fingerprint density at radius 1 is 1.16 bits per heavy atom. The van der Waals surface area contributed by atoms with Crippen molar-refractivity contribution in [1.82, 2.24) is 9.21 Å². The van der Waals surface area contributed by atoms with Crippen LogP contribution in [-0.4, -0.2) is 67.2 Å². The quantitative estimate of drug-likeness (QED) is 0.753. The molecule has 2 saturated heterocycles. The molecular formula is C12H22N2O4S. The zero-order valence-corrected chi connectivity index (χ0v) is 12.1. The van der Waals surface area contributed by atoms with Crippen LogP contribution in [0.5, 0.6) is 0 Å². The van der Waals surface area contributed by atoms with E-state index < -0.39 is 10.0 Å². The number of amides is 1. The molecular weight excluding hydrogens is 268 g/mol. The monoisotopic (exact) mass is 290 g/mol. The van der Waals surface area contributed by atoms with Gasteiger partial charge in [-0.25, -0.2) is 12.7 Å². The molecule has 2 rings (SSSR count). The molecule has 0 spiro atoms. The van der Waals surface area contributed by atoms with E-state index in [2.05, 4.69) is 0 Å². The molecule has 0 aromatic rings. The molecule has 0 saturated carbocycles. The number of aliphatic hydroxyl groups is 1. The van der Waals surface area contributed by atoms with Crippen LogP contribution in [0.1, 0.15) is 25.7 Å². The molecule has 1 N–H and O–H groups in total. The van der Waals surface area contributed by atoms with Gasteiger partial charge in [0.05, 0.1) is 18.3 Å². The van der Waals surface area contributed by atoms with Gasteiger partial charge in [-0.3, -0.25) is 4.79 Å². The summed E-state index contributed by atoms with van der Waals surface area (Å²) >= 11 is 0. The molecule has 0 aromatic heterocycles. The van der Waals surface area contributed by atoms with Crippen molar-refractivity contribution in [2.45, 2.75) is 31.8 Å². The molecule has 0 radical (unpaired) electrons. The SMILES string of the molecule is CS(=O)(=O)N1CCCC(C(=O)N2CCC(O)CC2)C1. The number of carbonyl (C=O) groups is 1. The maximum absolute atomic E-state index is 12.4. The van der Waals surface area contributed by atoms with Gasteiger partial charge in [0.15, 0.2) is 0 Å². The van der Waals surface area contributed by atoms with Crippen LogP contribution in [0.2, 0.25) is 0 Å². The summed E-state index contributed by atoms with van der Waals surface area (Å²) in [6.07, 6.45) is 3.62. The fourth-order valence-corrected chi connectivity index (χ4v) is 3.70. The van der Waals surface area contributed by atoms with E-state index in [0.29, 0.717) is 39.0 Å². The largest absolute Gasteiger partial charge is 0.393 e. The molecule has 19 heavy (non-hydrogen) atoms. The van der Waals surface area contributed by atoms with Gasteiger partial charge in [-0.15, -0.1) is 0 Å². The molecule has 7 heteroatoms. The van der Waals surface area contributed by atoms with Gasteiger partial charge >= 0.3 is 0 Å². The van der Waals surface area contributed by atoms with E-state index in [9.17, 15) is 18.3 Å². The summed E-state index contributed by atoms with van der Waals surface area (Å²) in [5.74, 6) is -0.182. The first kappa shape index (κ1) is 14.7. The molecule has 1 atom stereocenters. The Hall–Kier alpha value is -0.660. The first-order chi connectivity index (χ1) is 8.88. The van der Waals surface area contributed by atoms with Gasteiger partial charge in [-0.05, 0) is 25.7 Å². The third kappa shape index (κ3) is 3.67. The lowest BCUT2D eigenvalue weighted by Crippen LogP contribution is -2.48. The lowest BCUT2D eigenvalue weighted by Gasteiger charge is -2.36. The number of sulfonamides is 1. The molecule has 1 unspecified atom stereocenters. The number of hydrogen-bond donors (Lipinski definition) is 1. The minimum absolute atomic E-state index is 0.0419. The highest BCUT2D eigenvalue weighted by Crippen LogP contribution is 2.22. The Morgan fingerprint density at radius 3 is 2.37 bits per heavy atom. The highest BCUT2D eigenvalue weighted by molar-refractivity contribution is 7.88. The van der Waals surface area contributed by atoms with Gasteiger partial charge in [0.2, 0.25) is 15.9 Å². The average Bonchev–Trinajstić information content (AvgIpc) is 2.38. The smallest absolute Gasteiger partial charge is 0.227 e. The second-order valence-electron chi connectivity index (χ2n) is 5.52. The van der Waals surface area contributed by atoms with Crippen molar-refractivity contribution in [2.24, 2.45) is 5.92 Å². The maximum atomic E-state index is 12.4. The predicted octanol–water partition coefficient (Wildman–Crippen LogP) is -0.359. The van der Waals surface area contributed by atoms with E-state index in [4.69, 9.17) is 0 Å². The van der Waals surface area contributed by atoms with Crippen LogP contribution < -0.4 is 0 Å². The first-order valence-electron chi connectivity index (χ1n) is 6.80. The van der Waals surface area contributed by atoms with E-state index in [0.717, 1.165) is 12.8 Å². The van der Waals surface area contributed by atoms with Crippen molar-refractivity contribution in [3.8, 4) is 0 Å². The van der Waals surface area contributed by atoms with Gasteiger partial charge < -0.3 is 10.0 Å². The first-order valence-corrected chi connectivity index (χ1v) is 8.64. The van der Waals surface area contributed by atoms with Crippen molar-refractivity contribution in [3.63, 3.8) is 0 Å². The van der Waals surface area contributed by atoms with E-state index in [-0.39, 0.29) is 17.9 Å². The van der Waals surface area contributed by atoms with Crippen LogP contribution in [0, 0.1) is 5.92 Å². The highest BCUT2D eigenvalue weighted by atomic mass is 32.2. The van der Waals surface area contributed by atoms with Gasteiger partial charge in [0.25, 0.3) is 0 Å². The molecule has 2 aliphatic heterocycles. The van der Waals surface area contributed by atoms with E-state index in [1.165, 1.54) is 10.6 Å². The van der Waals surface area contributed by atoms with Gasteiger partial charge in [0, 0.05) is 26.2 Å². The molecule has 2 fully saturated rings. The Bertz CT molecular complexity index is 429. The average molecular weight is 290 g/mol. The Kier molecular flexibility index (Phi) is 4.47. The lowest BCUT2D eigenvalue weighted by atomic mass is 9.96. The molecule has 110 valence electrons. The number of likely N-dealkylation sites (tertiary alicyclic amines) is 1. The van der Waals surface area contributed by atoms with Crippen molar-refractivity contribution < 1.29 is 18.3 Å². The van der Waals surface area contributed by atoms with Gasteiger partial charge in [0.1, 0.15) is 0 Å². The second-order valence-corrected chi connectivity index (χ2v) is 7.50. The van der Waals surface area contributed by atoms with Gasteiger partial charge in [-0.2, -0.15) is 0 Å². The summed E-state index contributed by atoms with van der Waals surface area (Å²) in [4.78, 5) is 14.1. The molecule has 1 amide bonds. The van der Waals surface area contributed by atoms with Gasteiger partial charge in [-0.1, -0.05) is 0 Å². The summed E-state index contributed by atoms with van der Waals surface area (Å²) in [6, 6.07) is 0. The zero-order chi connectivity index (χ0) is 14.0. The number of aliphatic hydroxyl groups excluding tert-OH is 1. The molecule has 0 bridgehead atoms. The van der Waals surface area contributed by atoms with E-state index in [1.807, 2.05) is 0 Å². The molecule has 6 nitrogen and oxygen atoms in total. The normalized spacial score (nSPS) is 27.5. The van der Waals surface area contributed by atoms with Crippen molar-refractivity contribution in [2.75, 3.05) is 32.4 Å². The van der Waals surface area contributed by atoms with Crippen LogP contribution >= 0.6 is 0 Å². The molecule has 2 aliphatic rings. The summed E-state index contributed by atoms with van der Waals surface area (Å²) in [5, 5.41) is 9.44. The minimum atomic E-state index is -3.21. The zero-order valence-electron chi connectivity index (χ0n) is 11.3. The molecule has 2 heterocycles. The number of piperidine rings is 2.